The highest BCUT2D eigenvalue weighted by Gasteiger charge is 2.14. The van der Waals surface area contributed by atoms with E-state index in [1.807, 2.05) is 6.07 Å². The monoisotopic (exact) mass is 332 g/mol. The number of amides is 1. The topological polar surface area (TPSA) is 52.9 Å². The fraction of sp³-hybridized carbons (Fsp3) is 0.0667. The van der Waals surface area contributed by atoms with E-state index in [4.69, 9.17) is 5.26 Å². The summed E-state index contributed by atoms with van der Waals surface area (Å²) >= 11 is 3.30. The van der Waals surface area contributed by atoms with Crippen LogP contribution in [0.5, 0.6) is 0 Å². The molecule has 0 heterocycles. The summed E-state index contributed by atoms with van der Waals surface area (Å²) in [5.74, 6) is -1.04. The van der Waals surface area contributed by atoms with Crippen molar-refractivity contribution in [1.29, 1.82) is 5.26 Å². The summed E-state index contributed by atoms with van der Waals surface area (Å²) in [6.07, 6.45) is 0. The normalized spacial score (nSPS) is 9.90. The molecule has 0 atom stereocenters. The van der Waals surface area contributed by atoms with E-state index in [9.17, 15) is 9.18 Å². The molecule has 0 unspecified atom stereocenters. The second-order valence-corrected chi connectivity index (χ2v) is 5.10. The van der Waals surface area contributed by atoms with Crippen molar-refractivity contribution in [2.24, 2.45) is 0 Å². The molecule has 20 heavy (non-hydrogen) atoms. The molecule has 0 bridgehead atoms. The number of nitrogens with zero attached hydrogens (tertiary/aromatic N) is 1. The van der Waals surface area contributed by atoms with Crippen LogP contribution in [0.4, 0.5) is 10.1 Å². The summed E-state index contributed by atoms with van der Waals surface area (Å²) in [7, 11) is 0. The van der Waals surface area contributed by atoms with Crippen LogP contribution in [0.1, 0.15) is 21.5 Å². The van der Waals surface area contributed by atoms with Crippen molar-refractivity contribution in [3.63, 3.8) is 0 Å². The fourth-order valence-corrected chi connectivity index (χ4v) is 2.13. The third kappa shape index (κ3) is 2.86. The van der Waals surface area contributed by atoms with Gasteiger partial charge < -0.3 is 5.32 Å². The van der Waals surface area contributed by atoms with E-state index in [2.05, 4.69) is 21.2 Å². The van der Waals surface area contributed by atoms with Crippen LogP contribution in [0.3, 0.4) is 0 Å². The summed E-state index contributed by atoms with van der Waals surface area (Å²) in [6, 6.07) is 11.2. The minimum atomic E-state index is -0.656. The quantitative estimate of drug-likeness (QED) is 0.902. The Morgan fingerprint density at radius 1 is 1.35 bits per heavy atom. The minimum absolute atomic E-state index is 0.164. The number of hydrogen-bond acceptors (Lipinski definition) is 2. The molecule has 0 aromatic heterocycles. The van der Waals surface area contributed by atoms with Gasteiger partial charge in [0.2, 0.25) is 0 Å². The van der Waals surface area contributed by atoms with Crippen LogP contribution in [0.2, 0.25) is 0 Å². The first-order valence-corrected chi connectivity index (χ1v) is 6.58. The van der Waals surface area contributed by atoms with Gasteiger partial charge in [0.1, 0.15) is 17.4 Å². The zero-order chi connectivity index (χ0) is 14.7. The molecule has 0 fully saturated rings. The molecule has 0 aliphatic rings. The lowest BCUT2D eigenvalue weighted by atomic mass is 10.1. The Kier molecular flexibility index (Phi) is 4.16. The molecule has 2 aromatic rings. The number of halogens is 2. The molecule has 1 amide bonds. The maximum atomic E-state index is 13.5. The second-order valence-electron chi connectivity index (χ2n) is 4.19. The molecule has 5 heteroatoms. The Labute approximate surface area is 124 Å². The highest BCUT2D eigenvalue weighted by Crippen LogP contribution is 2.21. The smallest absolute Gasteiger partial charge is 0.256 e. The fourth-order valence-electron chi connectivity index (χ4n) is 1.77. The summed E-state index contributed by atoms with van der Waals surface area (Å²) < 4.78 is 14.2. The molecule has 100 valence electrons. The summed E-state index contributed by atoms with van der Waals surface area (Å²) in [6.45, 7) is 1.80. The first kappa shape index (κ1) is 14.2. The number of carbonyl (C=O) groups is 1. The average Bonchev–Trinajstić information content (AvgIpc) is 2.41. The third-order valence-electron chi connectivity index (χ3n) is 2.82. The predicted molar refractivity (Wildman–Crippen MR) is 77.9 cm³/mol. The average molecular weight is 333 g/mol. The SMILES string of the molecule is Cc1ccc(Br)cc1C(=O)Nc1cccc(F)c1C#N. The summed E-state index contributed by atoms with van der Waals surface area (Å²) in [5.41, 5.74) is 1.25. The van der Waals surface area contributed by atoms with Crippen molar-refractivity contribution in [2.45, 2.75) is 6.92 Å². The Morgan fingerprint density at radius 2 is 2.10 bits per heavy atom. The molecule has 2 aromatic carbocycles. The molecule has 0 saturated heterocycles. The zero-order valence-electron chi connectivity index (χ0n) is 10.6. The lowest BCUT2D eigenvalue weighted by molar-refractivity contribution is 0.102. The van der Waals surface area contributed by atoms with Gasteiger partial charge in [0.05, 0.1) is 5.69 Å². The third-order valence-corrected chi connectivity index (χ3v) is 3.31. The predicted octanol–water partition coefficient (Wildman–Crippen LogP) is 4.02. The van der Waals surface area contributed by atoms with Gasteiger partial charge in [-0.05, 0) is 36.8 Å². The molecule has 0 saturated carbocycles. The van der Waals surface area contributed by atoms with Crippen LogP contribution in [-0.2, 0) is 0 Å². The van der Waals surface area contributed by atoms with Gasteiger partial charge in [0.25, 0.3) is 5.91 Å². The van der Waals surface area contributed by atoms with Gasteiger partial charge in [-0.15, -0.1) is 0 Å². The maximum Gasteiger partial charge on any atom is 0.256 e. The first-order chi connectivity index (χ1) is 9.52. The van der Waals surface area contributed by atoms with E-state index >= 15 is 0 Å². The van der Waals surface area contributed by atoms with Crippen molar-refractivity contribution in [3.8, 4) is 6.07 Å². The molecule has 0 aliphatic heterocycles. The molecular weight excluding hydrogens is 323 g/mol. The number of rotatable bonds is 2. The van der Waals surface area contributed by atoms with Crippen LogP contribution >= 0.6 is 15.9 Å². The lowest BCUT2D eigenvalue weighted by Gasteiger charge is -2.09. The minimum Gasteiger partial charge on any atom is -0.321 e. The Morgan fingerprint density at radius 3 is 2.80 bits per heavy atom. The number of carbonyl (C=O) groups excluding carboxylic acids is 1. The molecule has 2 rings (SSSR count). The highest BCUT2D eigenvalue weighted by atomic mass is 79.9. The van der Waals surface area contributed by atoms with E-state index in [-0.39, 0.29) is 17.2 Å². The van der Waals surface area contributed by atoms with Crippen LogP contribution in [0.25, 0.3) is 0 Å². The number of benzene rings is 2. The van der Waals surface area contributed by atoms with E-state index < -0.39 is 5.82 Å². The van der Waals surface area contributed by atoms with Gasteiger partial charge in [-0.25, -0.2) is 4.39 Å². The molecule has 0 radical (unpaired) electrons. The number of nitrogens with one attached hydrogen (secondary N) is 1. The number of hydrogen-bond donors (Lipinski definition) is 1. The first-order valence-electron chi connectivity index (χ1n) is 5.79. The Hall–Kier alpha value is -2.19. The summed E-state index contributed by atoms with van der Waals surface area (Å²) in [4.78, 5) is 12.2. The molecule has 0 aliphatic carbocycles. The van der Waals surface area contributed by atoms with Gasteiger partial charge in [-0.2, -0.15) is 5.26 Å². The number of anilines is 1. The molecule has 0 spiro atoms. The number of aryl methyl sites for hydroxylation is 1. The van der Waals surface area contributed by atoms with E-state index in [1.54, 1.807) is 25.1 Å². The Balaban J connectivity index is 2.36. The van der Waals surface area contributed by atoms with Crippen LogP contribution in [0.15, 0.2) is 40.9 Å². The summed E-state index contributed by atoms with van der Waals surface area (Å²) in [5, 5.41) is 11.5. The van der Waals surface area contributed by atoms with Gasteiger partial charge >= 0.3 is 0 Å². The van der Waals surface area contributed by atoms with Crippen molar-refractivity contribution < 1.29 is 9.18 Å². The van der Waals surface area contributed by atoms with Gasteiger partial charge in [-0.3, -0.25) is 4.79 Å². The van der Waals surface area contributed by atoms with E-state index in [0.29, 0.717) is 5.56 Å². The van der Waals surface area contributed by atoms with E-state index in [1.165, 1.54) is 18.2 Å². The van der Waals surface area contributed by atoms with Crippen molar-refractivity contribution in [3.05, 3.63) is 63.4 Å². The van der Waals surface area contributed by atoms with Crippen molar-refractivity contribution in [1.82, 2.24) is 0 Å². The van der Waals surface area contributed by atoms with Crippen LogP contribution in [-0.4, -0.2) is 5.91 Å². The van der Waals surface area contributed by atoms with Crippen molar-refractivity contribution in [2.75, 3.05) is 5.32 Å². The van der Waals surface area contributed by atoms with Gasteiger partial charge in [0.15, 0.2) is 0 Å². The maximum absolute atomic E-state index is 13.5. The lowest BCUT2D eigenvalue weighted by Crippen LogP contribution is -2.14. The van der Waals surface area contributed by atoms with Gasteiger partial charge in [0, 0.05) is 10.0 Å². The molecule has 1 N–H and O–H groups in total. The van der Waals surface area contributed by atoms with Crippen molar-refractivity contribution >= 4 is 27.5 Å². The van der Waals surface area contributed by atoms with Crippen LogP contribution in [0, 0.1) is 24.1 Å². The highest BCUT2D eigenvalue weighted by molar-refractivity contribution is 9.10. The molecule has 3 nitrogen and oxygen atoms in total. The Bertz CT molecular complexity index is 722. The second kappa shape index (κ2) is 5.85. The van der Waals surface area contributed by atoms with E-state index in [0.717, 1.165) is 10.0 Å². The number of nitriles is 1. The van der Waals surface area contributed by atoms with Gasteiger partial charge in [-0.1, -0.05) is 28.1 Å². The zero-order valence-corrected chi connectivity index (χ0v) is 12.2. The molecular formula is C15H10BrFN2O. The standard InChI is InChI=1S/C15H10BrFN2O/c1-9-5-6-10(16)7-11(9)15(20)19-14-4-2-3-13(17)12(14)8-18/h2-7H,1H3,(H,19,20). The largest absolute Gasteiger partial charge is 0.321 e. The van der Waals surface area contributed by atoms with Crippen LogP contribution < -0.4 is 5.32 Å².